The van der Waals surface area contributed by atoms with Gasteiger partial charge in [0.25, 0.3) is 0 Å². The van der Waals surface area contributed by atoms with Crippen molar-refractivity contribution in [3.63, 3.8) is 0 Å². The topological polar surface area (TPSA) is 92.5 Å². The van der Waals surface area contributed by atoms with Crippen molar-refractivity contribution in [2.45, 2.75) is 57.5 Å². The molecule has 2 atom stereocenters. The van der Waals surface area contributed by atoms with Gasteiger partial charge in [0.2, 0.25) is 0 Å². The van der Waals surface area contributed by atoms with Gasteiger partial charge in [0.05, 0.1) is 5.69 Å². The van der Waals surface area contributed by atoms with Crippen molar-refractivity contribution in [3.05, 3.63) is 12.0 Å². The minimum Gasteiger partial charge on any atom is -0.364 e. The maximum atomic E-state index is 6.19. The van der Waals surface area contributed by atoms with Gasteiger partial charge in [-0.25, -0.2) is 9.97 Å². The average molecular weight is 274 g/mol. The van der Waals surface area contributed by atoms with Gasteiger partial charge in [0.15, 0.2) is 11.3 Å². The summed E-state index contributed by atoms with van der Waals surface area (Å²) in [5.41, 5.74) is 8.96. The number of aromatic amines is 1. The molecule has 0 saturated heterocycles. The van der Waals surface area contributed by atoms with Crippen molar-refractivity contribution in [1.29, 1.82) is 0 Å². The number of nitrogens with one attached hydrogen (secondary N) is 2. The molecule has 1 fully saturated rings. The first-order valence-electron chi connectivity index (χ1n) is 7.38. The monoisotopic (exact) mass is 274 g/mol. The molecule has 1 saturated carbocycles. The summed E-state index contributed by atoms with van der Waals surface area (Å²) in [6.07, 6.45) is 6.20. The highest BCUT2D eigenvalue weighted by atomic mass is 15.2. The molecule has 1 aliphatic rings. The van der Waals surface area contributed by atoms with Crippen LogP contribution in [-0.2, 0) is 0 Å². The maximum Gasteiger partial charge on any atom is 0.158 e. The fourth-order valence-electron chi connectivity index (χ4n) is 2.87. The van der Waals surface area contributed by atoms with E-state index < -0.39 is 0 Å². The summed E-state index contributed by atoms with van der Waals surface area (Å²) >= 11 is 0. The first-order chi connectivity index (χ1) is 9.66. The number of fused-ring (bicyclic) bond motifs is 1. The SMILES string of the molecule is CC(C)c1[nH]nc2c(NC3CCCCC3N)ncnc12. The molecule has 1 aliphatic carbocycles. The normalized spacial score (nSPS) is 23.4. The number of nitrogens with zero attached hydrogens (tertiary/aromatic N) is 3. The molecule has 6 heteroatoms. The van der Waals surface area contributed by atoms with E-state index in [2.05, 4.69) is 39.3 Å². The Morgan fingerprint density at radius 1 is 1.25 bits per heavy atom. The Morgan fingerprint density at radius 2 is 2.05 bits per heavy atom. The third-order valence-corrected chi connectivity index (χ3v) is 4.08. The van der Waals surface area contributed by atoms with E-state index in [1.165, 1.54) is 12.8 Å². The number of aromatic nitrogens is 4. The molecule has 108 valence electrons. The van der Waals surface area contributed by atoms with Crippen molar-refractivity contribution in [2.24, 2.45) is 5.73 Å². The van der Waals surface area contributed by atoms with E-state index >= 15 is 0 Å². The van der Waals surface area contributed by atoms with Gasteiger partial charge in [-0.3, -0.25) is 5.10 Å². The smallest absolute Gasteiger partial charge is 0.158 e. The fourth-order valence-corrected chi connectivity index (χ4v) is 2.87. The van der Waals surface area contributed by atoms with Crippen LogP contribution in [0.15, 0.2) is 6.33 Å². The lowest BCUT2D eigenvalue weighted by molar-refractivity contribution is 0.403. The van der Waals surface area contributed by atoms with Crippen LogP contribution in [0.1, 0.15) is 51.1 Å². The zero-order valence-corrected chi connectivity index (χ0v) is 12.1. The van der Waals surface area contributed by atoms with Crippen LogP contribution in [0.5, 0.6) is 0 Å². The Bertz CT molecular complexity index is 590. The number of hydrogen-bond acceptors (Lipinski definition) is 5. The van der Waals surface area contributed by atoms with Crippen LogP contribution in [0.25, 0.3) is 11.0 Å². The molecule has 2 heterocycles. The average Bonchev–Trinajstić information content (AvgIpc) is 2.86. The summed E-state index contributed by atoms with van der Waals surface area (Å²) in [5.74, 6) is 1.15. The largest absolute Gasteiger partial charge is 0.364 e. The van der Waals surface area contributed by atoms with E-state index in [1.54, 1.807) is 6.33 Å². The van der Waals surface area contributed by atoms with Crippen LogP contribution in [0.4, 0.5) is 5.82 Å². The summed E-state index contributed by atoms with van der Waals surface area (Å²) in [6.45, 7) is 4.25. The minimum atomic E-state index is 0.192. The molecule has 0 spiro atoms. The Kier molecular flexibility index (Phi) is 3.56. The highest BCUT2D eigenvalue weighted by molar-refractivity contribution is 5.87. The van der Waals surface area contributed by atoms with Gasteiger partial charge in [-0.1, -0.05) is 26.7 Å². The first kappa shape index (κ1) is 13.3. The lowest BCUT2D eigenvalue weighted by Gasteiger charge is -2.29. The molecule has 0 aromatic carbocycles. The predicted octanol–water partition coefficient (Wildman–Crippen LogP) is 2.16. The van der Waals surface area contributed by atoms with Crippen LogP contribution < -0.4 is 11.1 Å². The highest BCUT2D eigenvalue weighted by Crippen LogP contribution is 2.26. The van der Waals surface area contributed by atoms with Gasteiger partial charge in [0, 0.05) is 12.1 Å². The third-order valence-electron chi connectivity index (χ3n) is 4.08. The summed E-state index contributed by atoms with van der Waals surface area (Å²) in [7, 11) is 0. The minimum absolute atomic E-state index is 0.192. The van der Waals surface area contributed by atoms with E-state index in [9.17, 15) is 0 Å². The van der Waals surface area contributed by atoms with Gasteiger partial charge < -0.3 is 11.1 Å². The van der Waals surface area contributed by atoms with Crippen molar-refractivity contribution >= 4 is 16.9 Å². The Balaban J connectivity index is 1.91. The Morgan fingerprint density at radius 3 is 2.80 bits per heavy atom. The van der Waals surface area contributed by atoms with E-state index in [1.807, 2.05) is 0 Å². The van der Waals surface area contributed by atoms with E-state index in [0.717, 1.165) is 35.4 Å². The second kappa shape index (κ2) is 5.36. The van der Waals surface area contributed by atoms with Crippen molar-refractivity contribution in [1.82, 2.24) is 20.2 Å². The van der Waals surface area contributed by atoms with Gasteiger partial charge in [0.1, 0.15) is 11.8 Å². The standard InChI is InChI=1S/C14H22N6/c1-8(2)11-12-13(20-19-11)14(17-7-16-12)18-10-6-4-3-5-9(10)15/h7-10H,3-6,15H2,1-2H3,(H,19,20)(H,16,17,18). The van der Waals surface area contributed by atoms with Crippen molar-refractivity contribution in [3.8, 4) is 0 Å². The summed E-state index contributed by atoms with van der Waals surface area (Å²) in [6, 6.07) is 0.471. The summed E-state index contributed by atoms with van der Waals surface area (Å²) in [4.78, 5) is 8.71. The summed E-state index contributed by atoms with van der Waals surface area (Å²) < 4.78 is 0. The zero-order valence-electron chi connectivity index (χ0n) is 12.1. The van der Waals surface area contributed by atoms with Crippen LogP contribution in [-0.4, -0.2) is 32.2 Å². The lowest BCUT2D eigenvalue weighted by atomic mass is 9.91. The highest BCUT2D eigenvalue weighted by Gasteiger charge is 2.23. The lowest BCUT2D eigenvalue weighted by Crippen LogP contribution is -2.42. The molecular weight excluding hydrogens is 252 g/mol. The van der Waals surface area contributed by atoms with Gasteiger partial charge in [-0.2, -0.15) is 5.10 Å². The summed E-state index contributed by atoms with van der Waals surface area (Å²) in [5, 5.41) is 10.9. The molecular formula is C14H22N6. The number of anilines is 1. The molecule has 3 rings (SSSR count). The number of nitrogens with two attached hydrogens (primary N) is 1. The van der Waals surface area contributed by atoms with Crippen LogP contribution in [0, 0.1) is 0 Å². The Hall–Kier alpha value is -1.69. The second-order valence-electron chi connectivity index (χ2n) is 5.91. The van der Waals surface area contributed by atoms with E-state index in [4.69, 9.17) is 5.73 Å². The molecule has 2 aromatic rings. The van der Waals surface area contributed by atoms with Gasteiger partial charge >= 0.3 is 0 Å². The van der Waals surface area contributed by atoms with Crippen LogP contribution in [0.3, 0.4) is 0 Å². The molecule has 2 aromatic heterocycles. The van der Waals surface area contributed by atoms with Crippen LogP contribution in [0.2, 0.25) is 0 Å². The molecule has 0 radical (unpaired) electrons. The zero-order chi connectivity index (χ0) is 14.1. The van der Waals surface area contributed by atoms with E-state index in [0.29, 0.717) is 5.92 Å². The molecule has 20 heavy (non-hydrogen) atoms. The molecule has 6 nitrogen and oxygen atoms in total. The second-order valence-corrected chi connectivity index (χ2v) is 5.91. The Labute approximate surface area is 118 Å². The maximum absolute atomic E-state index is 6.19. The molecule has 4 N–H and O–H groups in total. The third kappa shape index (κ3) is 2.35. The molecule has 2 unspecified atom stereocenters. The van der Waals surface area contributed by atoms with Gasteiger partial charge in [-0.05, 0) is 18.8 Å². The van der Waals surface area contributed by atoms with E-state index in [-0.39, 0.29) is 12.1 Å². The molecule has 0 bridgehead atoms. The first-order valence-corrected chi connectivity index (χ1v) is 7.38. The predicted molar refractivity (Wildman–Crippen MR) is 79.6 cm³/mol. The van der Waals surface area contributed by atoms with Crippen molar-refractivity contribution in [2.75, 3.05) is 5.32 Å². The molecule has 0 amide bonds. The fraction of sp³-hybridized carbons (Fsp3) is 0.643. The molecule has 0 aliphatic heterocycles. The number of rotatable bonds is 3. The number of hydrogen-bond donors (Lipinski definition) is 3. The number of H-pyrrole nitrogens is 1. The quantitative estimate of drug-likeness (QED) is 0.797. The van der Waals surface area contributed by atoms with Gasteiger partial charge in [-0.15, -0.1) is 0 Å². The van der Waals surface area contributed by atoms with Crippen molar-refractivity contribution < 1.29 is 0 Å². The van der Waals surface area contributed by atoms with Crippen LogP contribution >= 0.6 is 0 Å².